The first-order valence-corrected chi connectivity index (χ1v) is 11.3. The summed E-state index contributed by atoms with van der Waals surface area (Å²) in [7, 11) is 0. The molecule has 2 N–H and O–H groups in total. The van der Waals surface area contributed by atoms with Gasteiger partial charge in [-0.2, -0.15) is 0 Å². The van der Waals surface area contributed by atoms with Gasteiger partial charge >= 0.3 is 0 Å². The highest BCUT2D eigenvalue weighted by Crippen LogP contribution is 2.25. The zero-order chi connectivity index (χ0) is 21.7. The van der Waals surface area contributed by atoms with Crippen LogP contribution >= 0.6 is 11.8 Å². The number of nitrogens with two attached hydrogens (primary N) is 1. The second-order valence-corrected chi connectivity index (χ2v) is 9.29. The first-order chi connectivity index (χ1) is 14.3. The van der Waals surface area contributed by atoms with Crippen molar-refractivity contribution in [1.29, 1.82) is 0 Å². The van der Waals surface area contributed by atoms with E-state index in [0.717, 1.165) is 30.7 Å². The Labute approximate surface area is 182 Å². The lowest BCUT2D eigenvalue weighted by Crippen LogP contribution is -2.31. The maximum absolute atomic E-state index is 12.6. The van der Waals surface area contributed by atoms with Gasteiger partial charge in [-0.15, -0.1) is 10.2 Å². The molecule has 7 nitrogen and oxygen atoms in total. The van der Waals surface area contributed by atoms with Gasteiger partial charge in [0, 0.05) is 12.2 Å². The third kappa shape index (κ3) is 5.36. The van der Waals surface area contributed by atoms with E-state index < -0.39 is 0 Å². The molecule has 8 heteroatoms. The second kappa shape index (κ2) is 9.55. The van der Waals surface area contributed by atoms with Crippen LogP contribution in [0, 0.1) is 0 Å². The SMILES string of the molecule is CCN(C(=O)CSc1nnc(COc2ccc(C(C)(C)C)cc2)n1N)C1=CCCC1. The van der Waals surface area contributed by atoms with Gasteiger partial charge in [0.25, 0.3) is 0 Å². The molecule has 2 aromatic rings. The molecule has 162 valence electrons. The van der Waals surface area contributed by atoms with E-state index in [0.29, 0.717) is 17.5 Å². The molecule has 0 spiro atoms. The van der Waals surface area contributed by atoms with Crippen LogP contribution in [0.1, 0.15) is 58.3 Å². The maximum atomic E-state index is 12.6. The molecule has 1 aliphatic carbocycles. The Morgan fingerprint density at radius 1 is 1.27 bits per heavy atom. The number of thioether (sulfide) groups is 1. The molecular formula is C22H31N5O2S. The van der Waals surface area contributed by atoms with E-state index in [9.17, 15) is 4.79 Å². The predicted molar refractivity (Wildman–Crippen MR) is 120 cm³/mol. The number of benzene rings is 1. The topological polar surface area (TPSA) is 86.3 Å². The lowest BCUT2D eigenvalue weighted by molar-refractivity contribution is -0.126. The molecule has 1 amide bonds. The molecule has 1 aliphatic rings. The van der Waals surface area contributed by atoms with Gasteiger partial charge in [-0.05, 0) is 49.3 Å². The summed E-state index contributed by atoms with van der Waals surface area (Å²) in [6.45, 7) is 9.40. The molecule has 1 aromatic carbocycles. The molecular weight excluding hydrogens is 398 g/mol. The van der Waals surface area contributed by atoms with Crippen molar-refractivity contribution in [2.75, 3.05) is 18.1 Å². The minimum absolute atomic E-state index is 0.0652. The van der Waals surface area contributed by atoms with Gasteiger partial charge in [-0.25, -0.2) is 4.68 Å². The molecule has 0 bridgehead atoms. The van der Waals surface area contributed by atoms with Gasteiger partial charge in [-0.3, -0.25) is 4.79 Å². The van der Waals surface area contributed by atoms with E-state index >= 15 is 0 Å². The highest BCUT2D eigenvalue weighted by molar-refractivity contribution is 7.99. The number of carbonyl (C=O) groups is 1. The molecule has 30 heavy (non-hydrogen) atoms. The van der Waals surface area contributed by atoms with Crippen LogP contribution in [0.15, 0.2) is 41.2 Å². The number of ether oxygens (including phenoxy) is 1. The highest BCUT2D eigenvalue weighted by atomic mass is 32.2. The zero-order valence-corrected chi connectivity index (χ0v) is 19.0. The number of rotatable bonds is 8. The lowest BCUT2D eigenvalue weighted by Gasteiger charge is -2.21. The average Bonchev–Trinajstić information content (AvgIpc) is 3.35. The fraction of sp³-hybridized carbons (Fsp3) is 0.500. The molecule has 0 radical (unpaired) electrons. The van der Waals surface area contributed by atoms with Crippen molar-refractivity contribution in [2.24, 2.45) is 0 Å². The van der Waals surface area contributed by atoms with Crippen molar-refractivity contribution in [3.63, 3.8) is 0 Å². The number of nitrogen functional groups attached to an aromatic ring is 1. The molecule has 3 rings (SSSR count). The number of hydrogen-bond donors (Lipinski definition) is 1. The van der Waals surface area contributed by atoms with Gasteiger partial charge in [0.1, 0.15) is 12.4 Å². The number of allylic oxidation sites excluding steroid dienone is 2. The van der Waals surface area contributed by atoms with Crippen molar-refractivity contribution in [2.45, 2.75) is 64.1 Å². The molecule has 1 aromatic heterocycles. The van der Waals surface area contributed by atoms with Crippen LogP contribution in [0.4, 0.5) is 0 Å². The number of amides is 1. The molecule has 0 saturated heterocycles. The Morgan fingerprint density at radius 2 is 2.00 bits per heavy atom. The minimum atomic E-state index is 0.0652. The van der Waals surface area contributed by atoms with E-state index in [4.69, 9.17) is 10.6 Å². The van der Waals surface area contributed by atoms with Crippen LogP contribution in [-0.2, 0) is 16.8 Å². The summed E-state index contributed by atoms with van der Waals surface area (Å²) in [5.41, 5.74) is 2.47. The molecule has 1 heterocycles. The van der Waals surface area contributed by atoms with Crippen molar-refractivity contribution in [3.8, 4) is 5.75 Å². The van der Waals surface area contributed by atoms with E-state index in [1.807, 2.05) is 24.0 Å². The quantitative estimate of drug-likeness (QED) is 0.506. The smallest absolute Gasteiger partial charge is 0.237 e. The fourth-order valence-electron chi connectivity index (χ4n) is 3.35. The van der Waals surface area contributed by atoms with Crippen LogP contribution in [0.2, 0.25) is 0 Å². The Bertz CT molecular complexity index is 899. The Hall–Kier alpha value is -2.48. The van der Waals surface area contributed by atoms with Crippen molar-refractivity contribution in [1.82, 2.24) is 19.8 Å². The van der Waals surface area contributed by atoms with E-state index in [-0.39, 0.29) is 23.7 Å². The van der Waals surface area contributed by atoms with E-state index in [2.05, 4.69) is 49.2 Å². The zero-order valence-electron chi connectivity index (χ0n) is 18.2. The van der Waals surface area contributed by atoms with Gasteiger partial charge < -0.3 is 15.5 Å². The molecule has 0 fully saturated rings. The minimum Gasteiger partial charge on any atom is -0.486 e. The summed E-state index contributed by atoms with van der Waals surface area (Å²) in [6.07, 6.45) is 5.29. The van der Waals surface area contributed by atoms with Crippen molar-refractivity contribution in [3.05, 3.63) is 47.4 Å². The van der Waals surface area contributed by atoms with E-state index in [1.165, 1.54) is 22.0 Å². The first-order valence-electron chi connectivity index (χ1n) is 10.3. The van der Waals surface area contributed by atoms with Gasteiger partial charge in [0.05, 0.1) is 5.75 Å². The Kier molecular flexibility index (Phi) is 7.07. The van der Waals surface area contributed by atoms with Crippen LogP contribution in [0.25, 0.3) is 0 Å². The molecule has 0 unspecified atom stereocenters. The summed E-state index contributed by atoms with van der Waals surface area (Å²) in [5.74, 6) is 7.72. The standard InChI is InChI=1S/C22H31N5O2S/c1-5-26(17-8-6-7-9-17)20(28)15-30-21-25-24-19(27(21)23)14-29-18-12-10-16(11-13-18)22(2,3)4/h8,10-13H,5-7,9,14-15,23H2,1-4H3. The molecule has 0 aliphatic heterocycles. The number of aromatic nitrogens is 3. The normalized spacial score (nSPS) is 13.9. The van der Waals surface area contributed by atoms with Crippen LogP contribution in [0.5, 0.6) is 5.75 Å². The van der Waals surface area contributed by atoms with Crippen molar-refractivity contribution < 1.29 is 9.53 Å². The Balaban J connectivity index is 1.54. The molecule has 0 atom stereocenters. The second-order valence-electron chi connectivity index (χ2n) is 8.35. The largest absolute Gasteiger partial charge is 0.486 e. The summed E-state index contributed by atoms with van der Waals surface area (Å²) < 4.78 is 7.20. The lowest BCUT2D eigenvalue weighted by atomic mass is 9.87. The van der Waals surface area contributed by atoms with E-state index in [1.54, 1.807) is 0 Å². The fourth-order valence-corrected chi connectivity index (χ4v) is 4.10. The first kappa shape index (κ1) is 22.2. The van der Waals surface area contributed by atoms with Crippen molar-refractivity contribution >= 4 is 17.7 Å². The summed E-state index contributed by atoms with van der Waals surface area (Å²) >= 11 is 1.30. The number of carbonyl (C=O) groups excluding carboxylic acids is 1. The van der Waals surface area contributed by atoms with Gasteiger partial charge in [0.2, 0.25) is 11.1 Å². The summed E-state index contributed by atoms with van der Waals surface area (Å²) in [4.78, 5) is 14.5. The van der Waals surface area contributed by atoms with Gasteiger partial charge in [-0.1, -0.05) is 50.7 Å². The van der Waals surface area contributed by atoms with Crippen LogP contribution < -0.4 is 10.6 Å². The van der Waals surface area contributed by atoms with Gasteiger partial charge in [0.15, 0.2) is 5.82 Å². The third-order valence-corrected chi connectivity index (χ3v) is 6.06. The van der Waals surface area contributed by atoms with Crippen LogP contribution in [0.3, 0.4) is 0 Å². The number of hydrogen-bond acceptors (Lipinski definition) is 6. The number of nitrogens with zero attached hydrogens (tertiary/aromatic N) is 4. The predicted octanol–water partition coefficient (Wildman–Crippen LogP) is 3.88. The monoisotopic (exact) mass is 429 g/mol. The van der Waals surface area contributed by atoms with Crippen LogP contribution in [-0.4, -0.2) is 38.0 Å². The maximum Gasteiger partial charge on any atom is 0.237 e. The average molecular weight is 430 g/mol. The summed E-state index contributed by atoms with van der Waals surface area (Å²) in [5, 5.41) is 8.73. The molecule has 0 saturated carbocycles. The highest BCUT2D eigenvalue weighted by Gasteiger charge is 2.20. The summed E-state index contributed by atoms with van der Waals surface area (Å²) in [6, 6.07) is 8.02. The Morgan fingerprint density at radius 3 is 2.60 bits per heavy atom. The third-order valence-electron chi connectivity index (χ3n) is 5.13.